The van der Waals surface area contributed by atoms with Gasteiger partial charge in [0.1, 0.15) is 11.9 Å². The molecule has 26 heavy (non-hydrogen) atoms. The number of anilines is 1. The first kappa shape index (κ1) is 20.5. The van der Waals surface area contributed by atoms with Gasteiger partial charge in [-0.15, -0.1) is 0 Å². The van der Waals surface area contributed by atoms with Crippen molar-refractivity contribution in [3.05, 3.63) is 63.9 Å². The summed E-state index contributed by atoms with van der Waals surface area (Å²) < 4.78 is 39.1. The summed E-state index contributed by atoms with van der Waals surface area (Å²) in [6.07, 6.45) is 0.916. The van der Waals surface area contributed by atoms with Crippen molar-refractivity contribution >= 4 is 44.8 Å². The average molecular weight is 419 g/mol. The molecule has 0 radical (unpaired) electrons. The number of para-hydroxylation sites is 1. The van der Waals surface area contributed by atoms with E-state index in [1.165, 1.54) is 31.2 Å². The van der Waals surface area contributed by atoms with Gasteiger partial charge in [0.15, 0.2) is 0 Å². The molecule has 2 aromatic rings. The van der Waals surface area contributed by atoms with Crippen molar-refractivity contribution in [1.29, 1.82) is 0 Å². The molecule has 9 heteroatoms. The van der Waals surface area contributed by atoms with Crippen LogP contribution in [0.4, 0.5) is 10.1 Å². The van der Waals surface area contributed by atoms with E-state index in [-0.39, 0.29) is 12.2 Å². The molecule has 0 fully saturated rings. The van der Waals surface area contributed by atoms with Gasteiger partial charge in [-0.25, -0.2) is 12.8 Å². The molecule has 2 aromatic carbocycles. The quantitative estimate of drug-likeness (QED) is 0.778. The second kappa shape index (κ2) is 8.24. The number of benzene rings is 2. The van der Waals surface area contributed by atoms with E-state index in [4.69, 9.17) is 23.2 Å². The van der Waals surface area contributed by atoms with Crippen molar-refractivity contribution < 1.29 is 17.6 Å². The van der Waals surface area contributed by atoms with Gasteiger partial charge >= 0.3 is 0 Å². The van der Waals surface area contributed by atoms with Crippen LogP contribution in [0.25, 0.3) is 0 Å². The lowest BCUT2D eigenvalue weighted by Gasteiger charge is -2.28. The first-order valence-corrected chi connectivity index (χ1v) is 10.2. The summed E-state index contributed by atoms with van der Waals surface area (Å²) in [5, 5.41) is 3.44. The Morgan fingerprint density at radius 1 is 1.23 bits per heavy atom. The third-order valence-electron chi connectivity index (χ3n) is 3.65. The van der Waals surface area contributed by atoms with Crippen molar-refractivity contribution in [2.45, 2.75) is 19.5 Å². The van der Waals surface area contributed by atoms with Crippen LogP contribution in [0, 0.1) is 5.82 Å². The fraction of sp³-hybridized carbons (Fsp3) is 0.235. The zero-order chi connectivity index (χ0) is 19.5. The Balaban J connectivity index is 2.22. The van der Waals surface area contributed by atoms with Gasteiger partial charge in [0.2, 0.25) is 15.9 Å². The molecule has 0 saturated heterocycles. The summed E-state index contributed by atoms with van der Waals surface area (Å²) in [7, 11) is -3.89. The van der Waals surface area contributed by atoms with E-state index in [1.54, 1.807) is 12.1 Å². The number of halogens is 3. The minimum atomic E-state index is -3.89. The lowest BCUT2D eigenvalue weighted by molar-refractivity contribution is -0.122. The summed E-state index contributed by atoms with van der Waals surface area (Å²) in [4.78, 5) is 12.5. The predicted molar refractivity (Wildman–Crippen MR) is 101 cm³/mol. The SMILES string of the molecule is C[C@@H](C(=O)NCc1ccc(Cl)cc1Cl)N(c1ccccc1F)S(C)(=O)=O. The molecule has 5 nitrogen and oxygen atoms in total. The monoisotopic (exact) mass is 418 g/mol. The highest BCUT2D eigenvalue weighted by molar-refractivity contribution is 7.92. The Kier molecular flexibility index (Phi) is 6.49. The highest BCUT2D eigenvalue weighted by atomic mass is 35.5. The van der Waals surface area contributed by atoms with Gasteiger partial charge in [0.05, 0.1) is 11.9 Å². The number of hydrogen-bond acceptors (Lipinski definition) is 3. The summed E-state index contributed by atoms with van der Waals surface area (Å²) >= 11 is 11.9. The number of amides is 1. The molecular formula is C17H17Cl2FN2O3S. The minimum Gasteiger partial charge on any atom is -0.350 e. The van der Waals surface area contributed by atoms with E-state index in [9.17, 15) is 17.6 Å². The fourth-order valence-corrected chi connectivity index (χ4v) is 4.06. The Morgan fingerprint density at radius 2 is 1.88 bits per heavy atom. The maximum absolute atomic E-state index is 14.1. The second-order valence-corrected chi connectivity index (χ2v) is 8.34. The van der Waals surface area contributed by atoms with Crippen molar-refractivity contribution in [2.24, 2.45) is 0 Å². The molecular weight excluding hydrogens is 402 g/mol. The number of carbonyl (C=O) groups is 1. The molecule has 1 atom stereocenters. The Bertz CT molecular complexity index is 922. The highest BCUT2D eigenvalue weighted by Gasteiger charge is 2.30. The van der Waals surface area contributed by atoms with E-state index < -0.39 is 27.8 Å². The van der Waals surface area contributed by atoms with E-state index in [0.717, 1.165) is 16.6 Å². The zero-order valence-electron chi connectivity index (χ0n) is 14.0. The molecule has 2 rings (SSSR count). The van der Waals surface area contributed by atoms with Crippen LogP contribution in [0.3, 0.4) is 0 Å². The van der Waals surface area contributed by atoms with E-state index in [1.807, 2.05) is 0 Å². The Labute approximate surface area is 161 Å². The molecule has 0 aliphatic carbocycles. The third-order valence-corrected chi connectivity index (χ3v) is 5.46. The van der Waals surface area contributed by atoms with Crippen molar-refractivity contribution in [2.75, 3.05) is 10.6 Å². The minimum absolute atomic E-state index is 0.0774. The molecule has 0 bridgehead atoms. The molecule has 0 unspecified atom stereocenters. The number of nitrogens with zero attached hydrogens (tertiary/aromatic N) is 1. The topological polar surface area (TPSA) is 66.5 Å². The standard InChI is InChI=1S/C17H17Cl2FN2O3S/c1-11(17(23)21-10-12-7-8-13(18)9-14(12)19)22(26(2,24)25)16-6-4-3-5-15(16)20/h3-9,11H,10H2,1-2H3,(H,21,23)/t11-/m0/s1. The summed E-state index contributed by atoms with van der Waals surface area (Å²) in [6.45, 7) is 1.46. The lowest BCUT2D eigenvalue weighted by Crippen LogP contribution is -2.48. The van der Waals surface area contributed by atoms with Gasteiger partial charge < -0.3 is 5.32 Å². The lowest BCUT2D eigenvalue weighted by atomic mass is 10.2. The number of rotatable bonds is 6. The van der Waals surface area contributed by atoms with Gasteiger partial charge in [0.25, 0.3) is 0 Å². The Hall–Kier alpha value is -1.83. The molecule has 0 saturated carbocycles. The third kappa shape index (κ3) is 4.87. The van der Waals surface area contributed by atoms with Gasteiger partial charge in [0, 0.05) is 16.6 Å². The molecule has 140 valence electrons. The van der Waals surface area contributed by atoms with Crippen LogP contribution >= 0.6 is 23.2 Å². The highest BCUT2D eigenvalue weighted by Crippen LogP contribution is 2.24. The maximum atomic E-state index is 14.1. The molecule has 0 aliphatic heterocycles. The molecule has 0 aromatic heterocycles. The summed E-state index contributed by atoms with van der Waals surface area (Å²) in [5.74, 6) is -1.33. The maximum Gasteiger partial charge on any atom is 0.243 e. The summed E-state index contributed by atoms with van der Waals surface area (Å²) in [6, 6.07) is 9.02. The van der Waals surface area contributed by atoms with Crippen LogP contribution in [0.5, 0.6) is 0 Å². The first-order chi connectivity index (χ1) is 12.1. The number of nitrogens with one attached hydrogen (secondary N) is 1. The van der Waals surface area contributed by atoms with Gasteiger partial charge in [-0.3, -0.25) is 9.10 Å². The molecule has 1 amide bonds. The van der Waals surface area contributed by atoms with Gasteiger partial charge in [-0.2, -0.15) is 0 Å². The van der Waals surface area contributed by atoms with Crippen molar-refractivity contribution in [1.82, 2.24) is 5.32 Å². The van der Waals surface area contributed by atoms with Crippen LogP contribution < -0.4 is 9.62 Å². The fourth-order valence-electron chi connectivity index (χ4n) is 2.41. The van der Waals surface area contributed by atoms with Crippen LogP contribution in [0.1, 0.15) is 12.5 Å². The second-order valence-electron chi connectivity index (χ2n) is 5.64. The van der Waals surface area contributed by atoms with Gasteiger partial charge in [-0.1, -0.05) is 41.4 Å². The molecule has 0 spiro atoms. The normalized spacial score (nSPS) is 12.5. The average Bonchev–Trinajstić information content (AvgIpc) is 2.54. The van der Waals surface area contributed by atoms with Crippen LogP contribution in [0.15, 0.2) is 42.5 Å². The van der Waals surface area contributed by atoms with E-state index in [2.05, 4.69) is 5.32 Å². The first-order valence-electron chi connectivity index (χ1n) is 7.57. The molecule has 1 N–H and O–H groups in total. The van der Waals surface area contributed by atoms with Crippen LogP contribution in [-0.2, 0) is 21.4 Å². The number of sulfonamides is 1. The van der Waals surface area contributed by atoms with E-state index in [0.29, 0.717) is 15.6 Å². The molecule has 0 heterocycles. The van der Waals surface area contributed by atoms with Gasteiger partial charge in [-0.05, 0) is 36.8 Å². The largest absolute Gasteiger partial charge is 0.350 e. The summed E-state index contributed by atoms with van der Waals surface area (Å²) in [5.41, 5.74) is 0.426. The Morgan fingerprint density at radius 3 is 2.46 bits per heavy atom. The van der Waals surface area contributed by atoms with Crippen LogP contribution in [0.2, 0.25) is 10.0 Å². The van der Waals surface area contributed by atoms with Crippen molar-refractivity contribution in [3.8, 4) is 0 Å². The van der Waals surface area contributed by atoms with Crippen molar-refractivity contribution in [3.63, 3.8) is 0 Å². The van der Waals surface area contributed by atoms with E-state index >= 15 is 0 Å². The predicted octanol–water partition coefficient (Wildman–Crippen LogP) is 3.60. The zero-order valence-corrected chi connectivity index (χ0v) is 16.4. The molecule has 0 aliphatic rings. The number of hydrogen-bond donors (Lipinski definition) is 1. The number of carbonyl (C=O) groups excluding carboxylic acids is 1. The van der Waals surface area contributed by atoms with Crippen LogP contribution in [-0.4, -0.2) is 26.6 Å². The smallest absolute Gasteiger partial charge is 0.243 e.